The molecule has 182 valence electrons. The first-order valence-electron chi connectivity index (χ1n) is 11.5. The van der Waals surface area contributed by atoms with E-state index in [0.29, 0.717) is 17.9 Å². The van der Waals surface area contributed by atoms with Crippen LogP contribution in [-0.2, 0) is 11.8 Å². The van der Waals surface area contributed by atoms with Crippen LogP contribution in [-0.4, -0.2) is 55.2 Å². The second-order valence-corrected chi connectivity index (χ2v) is 8.92. The summed E-state index contributed by atoms with van der Waals surface area (Å²) in [6.07, 6.45) is 7.28. The topological polar surface area (TPSA) is 74.4 Å². The van der Waals surface area contributed by atoms with E-state index in [1.165, 1.54) is 0 Å². The van der Waals surface area contributed by atoms with Crippen LogP contribution in [0.4, 0.5) is 5.69 Å². The summed E-state index contributed by atoms with van der Waals surface area (Å²) in [5, 5.41) is 10.3. The summed E-state index contributed by atoms with van der Waals surface area (Å²) in [5.74, 6) is 0.530. The highest BCUT2D eigenvalue weighted by molar-refractivity contribution is 6.02. The van der Waals surface area contributed by atoms with Crippen LogP contribution >= 0.6 is 0 Å². The number of nitriles is 1. The number of carbonyl (C=O) groups is 1. The van der Waals surface area contributed by atoms with Crippen molar-refractivity contribution < 1.29 is 9.53 Å². The molecule has 0 N–H and O–H groups in total. The number of benzene rings is 2. The largest absolute Gasteiger partial charge is 0.497 e. The lowest BCUT2D eigenvalue weighted by Crippen LogP contribution is -2.24. The van der Waals surface area contributed by atoms with Gasteiger partial charge in [0.2, 0.25) is 5.91 Å². The molecule has 1 amide bonds. The highest BCUT2D eigenvalue weighted by Gasteiger charge is 2.15. The van der Waals surface area contributed by atoms with Crippen LogP contribution < -0.4 is 9.64 Å². The van der Waals surface area contributed by atoms with Crippen LogP contribution in [0.1, 0.15) is 5.56 Å². The average molecular weight is 480 g/mol. The number of aromatic nitrogens is 2. The van der Waals surface area contributed by atoms with Gasteiger partial charge in [-0.3, -0.25) is 4.79 Å². The lowest BCUT2D eigenvalue weighted by molar-refractivity contribution is -0.113. The summed E-state index contributed by atoms with van der Waals surface area (Å²) in [4.78, 5) is 21.1. The maximum Gasteiger partial charge on any atom is 0.250 e. The van der Waals surface area contributed by atoms with E-state index in [1.54, 1.807) is 31.2 Å². The number of hydrogen-bond acceptors (Lipinski definition) is 5. The van der Waals surface area contributed by atoms with Gasteiger partial charge in [0.1, 0.15) is 11.4 Å². The Bertz CT molecular complexity index is 1490. The van der Waals surface area contributed by atoms with Gasteiger partial charge in [-0.15, -0.1) is 0 Å². The van der Waals surface area contributed by atoms with Crippen molar-refractivity contribution in [1.29, 1.82) is 5.26 Å². The molecule has 0 aliphatic carbocycles. The second-order valence-electron chi connectivity index (χ2n) is 8.92. The fraction of sp³-hybridized carbons (Fsp3) is 0.207. The number of ether oxygens (including phenoxy) is 1. The minimum atomic E-state index is -0.118. The monoisotopic (exact) mass is 479 g/mol. The van der Waals surface area contributed by atoms with E-state index in [9.17, 15) is 10.1 Å². The number of methoxy groups -OCH3 is 1. The summed E-state index contributed by atoms with van der Waals surface area (Å²) >= 11 is 0. The van der Waals surface area contributed by atoms with Crippen molar-refractivity contribution in [1.82, 2.24) is 14.5 Å². The Morgan fingerprint density at radius 2 is 1.92 bits per heavy atom. The first kappa shape index (κ1) is 24.7. The van der Waals surface area contributed by atoms with E-state index in [4.69, 9.17) is 9.72 Å². The maximum atomic E-state index is 12.7. The van der Waals surface area contributed by atoms with E-state index in [0.717, 1.165) is 39.0 Å². The zero-order chi connectivity index (χ0) is 25.8. The smallest absolute Gasteiger partial charge is 0.250 e. The SMILES string of the molecule is COc1cc(-c2cnc3c(c2)c(-c2cccc(C#N)c2)cn3C)cc(N(C)C(=O)/C=C/CN(C)C)c1. The van der Waals surface area contributed by atoms with E-state index in [-0.39, 0.29) is 5.91 Å². The van der Waals surface area contributed by atoms with Gasteiger partial charge in [0.15, 0.2) is 0 Å². The van der Waals surface area contributed by atoms with Gasteiger partial charge >= 0.3 is 0 Å². The summed E-state index contributed by atoms with van der Waals surface area (Å²) in [6.45, 7) is 0.686. The van der Waals surface area contributed by atoms with Crippen molar-refractivity contribution in [3.05, 3.63) is 78.6 Å². The summed E-state index contributed by atoms with van der Waals surface area (Å²) in [6, 6.07) is 17.6. The van der Waals surface area contributed by atoms with Gasteiger partial charge in [-0.2, -0.15) is 5.26 Å². The molecular formula is C29H29N5O2. The minimum Gasteiger partial charge on any atom is -0.497 e. The van der Waals surface area contributed by atoms with Crippen LogP contribution in [0.25, 0.3) is 33.3 Å². The molecule has 2 heterocycles. The molecule has 0 bridgehead atoms. The molecule has 4 aromatic rings. The molecule has 36 heavy (non-hydrogen) atoms. The molecule has 7 nitrogen and oxygen atoms in total. The van der Waals surface area contributed by atoms with Gasteiger partial charge < -0.3 is 19.1 Å². The first-order valence-corrected chi connectivity index (χ1v) is 11.5. The molecular weight excluding hydrogens is 450 g/mol. The lowest BCUT2D eigenvalue weighted by atomic mass is 10.0. The predicted molar refractivity (Wildman–Crippen MR) is 144 cm³/mol. The zero-order valence-corrected chi connectivity index (χ0v) is 21.2. The number of aryl methyl sites for hydroxylation is 1. The molecule has 7 heteroatoms. The van der Waals surface area contributed by atoms with Gasteiger partial charge in [0, 0.05) is 67.4 Å². The Morgan fingerprint density at radius 1 is 1.11 bits per heavy atom. The average Bonchev–Trinajstić information content (AvgIpc) is 3.23. The Balaban J connectivity index is 1.77. The van der Waals surface area contributed by atoms with Gasteiger partial charge in [-0.05, 0) is 55.6 Å². The van der Waals surface area contributed by atoms with Crippen molar-refractivity contribution in [2.75, 3.05) is 39.7 Å². The zero-order valence-electron chi connectivity index (χ0n) is 21.2. The van der Waals surface area contributed by atoms with E-state index < -0.39 is 0 Å². The molecule has 0 saturated carbocycles. The Kier molecular flexibility index (Phi) is 7.18. The summed E-state index contributed by atoms with van der Waals surface area (Å²) in [5.41, 5.74) is 5.92. The van der Waals surface area contributed by atoms with E-state index >= 15 is 0 Å². The Hall–Kier alpha value is -4.41. The van der Waals surface area contributed by atoms with Crippen LogP contribution in [0.3, 0.4) is 0 Å². The molecule has 4 rings (SSSR count). The third-order valence-electron chi connectivity index (χ3n) is 6.03. The summed E-state index contributed by atoms with van der Waals surface area (Å²) < 4.78 is 7.54. The van der Waals surface area contributed by atoms with E-state index in [2.05, 4.69) is 12.1 Å². The number of fused-ring (bicyclic) bond motifs is 1. The molecule has 0 fully saturated rings. The third-order valence-corrected chi connectivity index (χ3v) is 6.03. The normalized spacial score (nSPS) is 11.2. The number of rotatable bonds is 7. The molecule has 0 atom stereocenters. The van der Waals surface area contributed by atoms with Crippen molar-refractivity contribution in [3.8, 4) is 34.1 Å². The fourth-order valence-corrected chi connectivity index (χ4v) is 4.07. The van der Waals surface area contributed by atoms with Crippen LogP contribution in [0, 0.1) is 11.3 Å². The van der Waals surface area contributed by atoms with E-state index in [1.807, 2.05) is 85.5 Å². The van der Waals surface area contributed by atoms with Gasteiger partial charge in [0.25, 0.3) is 0 Å². The third kappa shape index (κ3) is 5.14. The predicted octanol–water partition coefficient (Wildman–Crippen LogP) is 4.87. The standard InChI is InChI=1S/C29H29N5O2/c1-32(2)11-7-10-28(35)34(4)24-13-22(14-25(16-24)36-5)23-15-26-27(19-33(3)29(26)31-18-23)21-9-6-8-20(12-21)17-30/h6-10,12-16,18-19H,11H2,1-5H3/b10-7+. The Morgan fingerprint density at radius 3 is 2.64 bits per heavy atom. The molecule has 2 aromatic carbocycles. The van der Waals surface area contributed by atoms with Gasteiger partial charge in [0.05, 0.1) is 18.7 Å². The number of pyridine rings is 1. The molecule has 2 aromatic heterocycles. The number of nitrogens with zero attached hydrogens (tertiary/aromatic N) is 5. The number of amides is 1. The van der Waals surface area contributed by atoms with Crippen molar-refractivity contribution in [2.24, 2.45) is 7.05 Å². The van der Waals surface area contributed by atoms with Crippen molar-refractivity contribution in [2.45, 2.75) is 0 Å². The number of likely N-dealkylation sites (N-methyl/N-ethyl adjacent to an activating group) is 2. The van der Waals surface area contributed by atoms with Crippen molar-refractivity contribution in [3.63, 3.8) is 0 Å². The van der Waals surface area contributed by atoms with Gasteiger partial charge in [-0.1, -0.05) is 18.2 Å². The lowest BCUT2D eigenvalue weighted by Gasteiger charge is -2.18. The van der Waals surface area contributed by atoms with Gasteiger partial charge in [-0.25, -0.2) is 4.98 Å². The maximum absolute atomic E-state index is 12.7. The summed E-state index contributed by atoms with van der Waals surface area (Å²) in [7, 11) is 9.23. The molecule has 0 aliphatic heterocycles. The van der Waals surface area contributed by atoms with Crippen LogP contribution in [0.2, 0.25) is 0 Å². The molecule has 0 unspecified atom stereocenters. The fourth-order valence-electron chi connectivity index (χ4n) is 4.07. The molecule has 0 aliphatic rings. The Labute approximate surface area is 211 Å². The van der Waals surface area contributed by atoms with Crippen molar-refractivity contribution >= 4 is 22.6 Å². The highest BCUT2D eigenvalue weighted by Crippen LogP contribution is 2.35. The molecule has 0 radical (unpaired) electrons. The highest BCUT2D eigenvalue weighted by atomic mass is 16.5. The van der Waals surface area contributed by atoms with Crippen LogP contribution in [0.5, 0.6) is 5.75 Å². The number of anilines is 1. The minimum absolute atomic E-state index is 0.118. The number of carbonyl (C=O) groups excluding carboxylic acids is 1. The molecule has 0 spiro atoms. The quantitative estimate of drug-likeness (QED) is 0.354. The molecule has 0 saturated heterocycles. The second kappa shape index (κ2) is 10.5. The van der Waals surface area contributed by atoms with Crippen LogP contribution in [0.15, 0.2) is 73.1 Å². The first-order chi connectivity index (χ1) is 17.3. The number of hydrogen-bond donors (Lipinski definition) is 0.